The number of fused-ring (bicyclic) bond motifs is 1. The Balaban J connectivity index is 3.06. The summed E-state index contributed by atoms with van der Waals surface area (Å²) < 4.78 is 4.62. The molecule has 0 fully saturated rings. The summed E-state index contributed by atoms with van der Waals surface area (Å²) in [6.07, 6.45) is 3.41. The van der Waals surface area contributed by atoms with E-state index in [0.29, 0.717) is 0 Å². The number of nitrogens with zero attached hydrogens (tertiary/aromatic N) is 1. The van der Waals surface area contributed by atoms with Gasteiger partial charge in [-0.05, 0) is 6.07 Å². The fraction of sp³-hybridized carbons (Fsp3) is 0. The standard InChI is InChI=1S/C5H4N2O/c1-2-6-5-3-8-7-4(1)5/h1-3,6H. The summed E-state index contributed by atoms with van der Waals surface area (Å²) in [5.74, 6) is 0. The monoisotopic (exact) mass is 108 g/mol. The van der Waals surface area contributed by atoms with Crippen LogP contribution in [0.15, 0.2) is 23.0 Å². The van der Waals surface area contributed by atoms with E-state index in [-0.39, 0.29) is 0 Å². The summed E-state index contributed by atoms with van der Waals surface area (Å²) in [5.41, 5.74) is 1.83. The van der Waals surface area contributed by atoms with Crippen LogP contribution in [0.25, 0.3) is 11.0 Å². The van der Waals surface area contributed by atoms with Gasteiger partial charge in [0.1, 0.15) is 17.3 Å². The van der Waals surface area contributed by atoms with Crippen LogP contribution >= 0.6 is 0 Å². The van der Waals surface area contributed by atoms with E-state index in [1.54, 1.807) is 6.26 Å². The topological polar surface area (TPSA) is 41.8 Å². The minimum Gasteiger partial charge on any atom is -0.362 e. The highest BCUT2D eigenvalue weighted by Crippen LogP contribution is 2.06. The van der Waals surface area contributed by atoms with Gasteiger partial charge in [-0.15, -0.1) is 0 Å². The molecule has 40 valence electrons. The molecule has 0 unspecified atom stereocenters. The van der Waals surface area contributed by atoms with Gasteiger partial charge in [-0.3, -0.25) is 0 Å². The van der Waals surface area contributed by atoms with E-state index in [1.807, 2.05) is 12.3 Å². The van der Waals surface area contributed by atoms with Crippen molar-refractivity contribution in [2.45, 2.75) is 0 Å². The van der Waals surface area contributed by atoms with Crippen molar-refractivity contribution < 1.29 is 4.52 Å². The second-order valence-corrected chi connectivity index (χ2v) is 1.59. The molecule has 3 nitrogen and oxygen atoms in total. The van der Waals surface area contributed by atoms with Crippen LogP contribution in [-0.4, -0.2) is 10.1 Å². The predicted octanol–water partition coefficient (Wildman–Crippen LogP) is 1.16. The maximum absolute atomic E-state index is 4.62. The second-order valence-electron chi connectivity index (χ2n) is 1.59. The third kappa shape index (κ3) is 0.307. The molecule has 0 radical (unpaired) electrons. The average Bonchev–Trinajstić information content (AvgIpc) is 2.15. The Kier molecular flexibility index (Phi) is 0.521. The number of rotatable bonds is 0. The summed E-state index contributed by atoms with van der Waals surface area (Å²) in [4.78, 5) is 2.94. The Morgan fingerprint density at radius 1 is 1.62 bits per heavy atom. The lowest BCUT2D eigenvalue weighted by Gasteiger charge is -1.61. The summed E-state index contributed by atoms with van der Waals surface area (Å²) in [5, 5.41) is 3.67. The largest absolute Gasteiger partial charge is 0.362 e. The Bertz CT molecular complexity index is 232. The summed E-state index contributed by atoms with van der Waals surface area (Å²) in [6, 6.07) is 1.86. The molecule has 2 aromatic heterocycles. The molecule has 0 bridgehead atoms. The number of aromatic nitrogens is 2. The zero-order valence-electron chi connectivity index (χ0n) is 4.09. The molecule has 2 aromatic rings. The highest BCUT2D eigenvalue weighted by atomic mass is 16.5. The minimum atomic E-state index is 0.880. The van der Waals surface area contributed by atoms with Gasteiger partial charge in [-0.2, -0.15) is 0 Å². The number of nitrogens with one attached hydrogen (secondary N) is 1. The molecule has 0 saturated carbocycles. The molecule has 2 rings (SSSR count). The third-order valence-electron chi connectivity index (χ3n) is 1.08. The molecule has 0 aliphatic heterocycles. The fourth-order valence-electron chi connectivity index (χ4n) is 0.684. The van der Waals surface area contributed by atoms with Crippen LogP contribution in [-0.2, 0) is 0 Å². The minimum absolute atomic E-state index is 0.880. The molecule has 3 heteroatoms. The lowest BCUT2D eigenvalue weighted by atomic mass is 10.5. The number of hydrogen-bond donors (Lipinski definition) is 1. The van der Waals surface area contributed by atoms with E-state index in [2.05, 4.69) is 14.7 Å². The van der Waals surface area contributed by atoms with Gasteiger partial charge in [-0.25, -0.2) is 0 Å². The first kappa shape index (κ1) is 3.72. The lowest BCUT2D eigenvalue weighted by Crippen LogP contribution is -1.51. The van der Waals surface area contributed by atoms with E-state index in [1.165, 1.54) is 0 Å². The molecular formula is C5H4N2O. The van der Waals surface area contributed by atoms with Crippen molar-refractivity contribution in [2.75, 3.05) is 0 Å². The molecular weight excluding hydrogens is 104 g/mol. The van der Waals surface area contributed by atoms with Crippen LogP contribution in [0.2, 0.25) is 0 Å². The number of aromatic amines is 1. The van der Waals surface area contributed by atoms with Crippen molar-refractivity contribution in [2.24, 2.45) is 0 Å². The third-order valence-corrected chi connectivity index (χ3v) is 1.08. The van der Waals surface area contributed by atoms with Crippen LogP contribution in [0, 0.1) is 0 Å². The van der Waals surface area contributed by atoms with Gasteiger partial charge in [0.25, 0.3) is 0 Å². The summed E-state index contributed by atoms with van der Waals surface area (Å²) in [7, 11) is 0. The van der Waals surface area contributed by atoms with Crippen molar-refractivity contribution >= 4 is 11.0 Å². The van der Waals surface area contributed by atoms with Crippen LogP contribution in [0.1, 0.15) is 0 Å². The van der Waals surface area contributed by atoms with E-state index in [4.69, 9.17) is 0 Å². The number of H-pyrrole nitrogens is 1. The van der Waals surface area contributed by atoms with Crippen molar-refractivity contribution in [3.63, 3.8) is 0 Å². The average molecular weight is 108 g/mol. The highest BCUT2D eigenvalue weighted by molar-refractivity contribution is 5.72. The van der Waals surface area contributed by atoms with E-state index < -0.39 is 0 Å². The normalized spacial score (nSPS) is 10.5. The first-order chi connectivity index (χ1) is 3.97. The zero-order valence-corrected chi connectivity index (χ0v) is 4.09. The first-order valence-electron chi connectivity index (χ1n) is 2.34. The summed E-state index contributed by atoms with van der Waals surface area (Å²) in [6.45, 7) is 0. The smallest absolute Gasteiger partial charge is 0.147 e. The molecule has 0 aromatic carbocycles. The molecule has 2 heterocycles. The van der Waals surface area contributed by atoms with Crippen LogP contribution in [0.5, 0.6) is 0 Å². The number of hydrogen-bond acceptors (Lipinski definition) is 2. The van der Waals surface area contributed by atoms with E-state index >= 15 is 0 Å². The maximum Gasteiger partial charge on any atom is 0.147 e. The molecule has 8 heavy (non-hydrogen) atoms. The second kappa shape index (κ2) is 1.12. The molecule has 0 saturated heterocycles. The Hall–Kier alpha value is -1.25. The van der Waals surface area contributed by atoms with Gasteiger partial charge in [0.2, 0.25) is 0 Å². The Morgan fingerprint density at radius 3 is 3.50 bits per heavy atom. The highest BCUT2D eigenvalue weighted by Gasteiger charge is 1.93. The van der Waals surface area contributed by atoms with Gasteiger partial charge in [0, 0.05) is 6.20 Å². The van der Waals surface area contributed by atoms with Crippen molar-refractivity contribution in [3.05, 3.63) is 18.5 Å². The lowest BCUT2D eigenvalue weighted by molar-refractivity contribution is 0.427. The quantitative estimate of drug-likeness (QED) is 0.550. The molecule has 0 amide bonds. The Morgan fingerprint density at radius 2 is 2.62 bits per heavy atom. The van der Waals surface area contributed by atoms with Gasteiger partial charge < -0.3 is 9.51 Å². The molecule has 0 aliphatic carbocycles. The first-order valence-corrected chi connectivity index (χ1v) is 2.34. The Labute approximate surface area is 45.3 Å². The van der Waals surface area contributed by atoms with Gasteiger partial charge in [0.05, 0.1) is 0 Å². The van der Waals surface area contributed by atoms with Crippen molar-refractivity contribution in [1.29, 1.82) is 0 Å². The molecule has 0 aliphatic rings. The molecule has 0 atom stereocenters. The van der Waals surface area contributed by atoms with E-state index in [9.17, 15) is 0 Å². The van der Waals surface area contributed by atoms with Crippen LogP contribution < -0.4 is 0 Å². The van der Waals surface area contributed by atoms with Crippen LogP contribution in [0.4, 0.5) is 0 Å². The SMILES string of the molecule is c1cc2nocc2[nH]1. The molecule has 0 spiro atoms. The van der Waals surface area contributed by atoms with Crippen LogP contribution in [0.3, 0.4) is 0 Å². The summed E-state index contributed by atoms with van der Waals surface area (Å²) >= 11 is 0. The zero-order chi connectivity index (χ0) is 5.40. The fourth-order valence-corrected chi connectivity index (χ4v) is 0.684. The van der Waals surface area contributed by atoms with Crippen molar-refractivity contribution in [3.8, 4) is 0 Å². The van der Waals surface area contributed by atoms with Gasteiger partial charge in [-0.1, -0.05) is 5.16 Å². The molecule has 1 N–H and O–H groups in total. The van der Waals surface area contributed by atoms with Crippen molar-refractivity contribution in [1.82, 2.24) is 10.1 Å². The maximum atomic E-state index is 4.62. The van der Waals surface area contributed by atoms with E-state index in [0.717, 1.165) is 11.0 Å². The van der Waals surface area contributed by atoms with Gasteiger partial charge in [0.15, 0.2) is 0 Å². The predicted molar refractivity (Wildman–Crippen MR) is 28.4 cm³/mol. The van der Waals surface area contributed by atoms with Gasteiger partial charge >= 0.3 is 0 Å².